The van der Waals surface area contributed by atoms with Gasteiger partial charge in [0, 0.05) is 24.2 Å². The highest BCUT2D eigenvalue weighted by Crippen LogP contribution is 2.42. The third-order valence-corrected chi connectivity index (χ3v) is 7.12. The lowest BCUT2D eigenvalue weighted by molar-refractivity contribution is -0.384. The number of ketones is 1. The van der Waals surface area contributed by atoms with Crippen molar-refractivity contribution in [3.05, 3.63) is 69.3 Å². The van der Waals surface area contributed by atoms with E-state index in [0.29, 0.717) is 30.0 Å². The smallest absolute Gasteiger partial charge is 0.295 e. The van der Waals surface area contributed by atoms with Gasteiger partial charge in [0.05, 0.1) is 30.8 Å². The van der Waals surface area contributed by atoms with E-state index in [2.05, 4.69) is 18.7 Å². The van der Waals surface area contributed by atoms with Crippen molar-refractivity contribution in [2.75, 3.05) is 40.4 Å². The molecule has 0 radical (unpaired) electrons. The van der Waals surface area contributed by atoms with Gasteiger partial charge in [-0.3, -0.25) is 19.7 Å². The average Bonchev–Trinajstić information content (AvgIpc) is 3.22. The number of hydrogen-bond acceptors (Lipinski definition) is 8. The van der Waals surface area contributed by atoms with Gasteiger partial charge in [-0.1, -0.05) is 44.9 Å². The van der Waals surface area contributed by atoms with Crippen molar-refractivity contribution in [1.82, 2.24) is 9.80 Å². The third-order valence-electron chi connectivity index (χ3n) is 7.12. The lowest BCUT2D eigenvalue weighted by atomic mass is 9.94. The van der Waals surface area contributed by atoms with Crippen molar-refractivity contribution >= 4 is 23.1 Å². The van der Waals surface area contributed by atoms with Crippen LogP contribution in [0.3, 0.4) is 0 Å². The van der Waals surface area contributed by atoms with Gasteiger partial charge in [-0.25, -0.2) is 0 Å². The zero-order valence-corrected chi connectivity index (χ0v) is 23.7. The van der Waals surface area contributed by atoms with E-state index in [1.165, 1.54) is 43.4 Å². The second-order valence-electron chi connectivity index (χ2n) is 9.82. The lowest BCUT2D eigenvalue weighted by Gasteiger charge is -2.28. The van der Waals surface area contributed by atoms with Crippen molar-refractivity contribution in [3.8, 4) is 11.5 Å². The van der Waals surface area contributed by atoms with E-state index < -0.39 is 28.4 Å². The minimum atomic E-state index is -0.904. The first-order chi connectivity index (χ1) is 19.3. The van der Waals surface area contributed by atoms with E-state index in [1.807, 2.05) is 0 Å². The summed E-state index contributed by atoms with van der Waals surface area (Å²) in [5.74, 6) is -1.13. The van der Waals surface area contributed by atoms with Crippen LogP contribution in [0.25, 0.3) is 5.76 Å². The Morgan fingerprint density at radius 1 is 0.975 bits per heavy atom. The SMILES string of the molecule is CCCCN(CCCC)CCCN1C(=O)C(=O)C(=C(O)c2cccc([N+](=O)[O-])c2)[C@H]1c1ccc(OC)c(OC)c1. The van der Waals surface area contributed by atoms with Gasteiger partial charge >= 0.3 is 0 Å². The zero-order valence-electron chi connectivity index (χ0n) is 23.7. The summed E-state index contributed by atoms with van der Waals surface area (Å²) in [6, 6.07) is 9.56. The summed E-state index contributed by atoms with van der Waals surface area (Å²) in [7, 11) is 3.00. The topological polar surface area (TPSA) is 122 Å². The van der Waals surface area contributed by atoms with Crippen LogP contribution in [0.5, 0.6) is 11.5 Å². The van der Waals surface area contributed by atoms with Gasteiger partial charge in [0.15, 0.2) is 11.5 Å². The number of benzene rings is 2. The van der Waals surface area contributed by atoms with E-state index in [-0.39, 0.29) is 16.8 Å². The number of non-ortho nitro benzene ring substituents is 1. The van der Waals surface area contributed by atoms with Gasteiger partial charge in [0.1, 0.15) is 5.76 Å². The van der Waals surface area contributed by atoms with E-state index in [4.69, 9.17) is 9.47 Å². The molecule has 1 amide bonds. The first-order valence-electron chi connectivity index (χ1n) is 13.7. The predicted molar refractivity (Wildman–Crippen MR) is 153 cm³/mol. The Balaban J connectivity index is 2.03. The van der Waals surface area contributed by atoms with Gasteiger partial charge in [-0.05, 0) is 56.6 Å². The van der Waals surface area contributed by atoms with Gasteiger partial charge in [0.25, 0.3) is 17.4 Å². The summed E-state index contributed by atoms with van der Waals surface area (Å²) in [5, 5.41) is 22.6. The molecule has 1 saturated heterocycles. The molecule has 10 heteroatoms. The number of amides is 1. The molecule has 0 unspecified atom stereocenters. The number of likely N-dealkylation sites (tertiary alicyclic amines) is 1. The number of methoxy groups -OCH3 is 2. The normalized spacial score (nSPS) is 16.5. The Morgan fingerprint density at radius 3 is 2.23 bits per heavy atom. The third kappa shape index (κ3) is 6.98. The molecular weight excluding hydrogens is 514 g/mol. The molecule has 0 spiro atoms. The predicted octanol–water partition coefficient (Wildman–Crippen LogP) is 5.33. The summed E-state index contributed by atoms with van der Waals surface area (Å²) >= 11 is 0. The maximum Gasteiger partial charge on any atom is 0.295 e. The van der Waals surface area contributed by atoms with E-state index >= 15 is 0 Å². The molecule has 1 N–H and O–H groups in total. The highest BCUT2D eigenvalue weighted by Gasteiger charge is 2.46. The molecule has 216 valence electrons. The molecule has 1 aliphatic heterocycles. The molecule has 0 aliphatic carbocycles. The van der Waals surface area contributed by atoms with Crippen LogP contribution in [0.4, 0.5) is 5.69 Å². The maximum absolute atomic E-state index is 13.4. The fourth-order valence-corrected chi connectivity index (χ4v) is 4.97. The van der Waals surface area contributed by atoms with E-state index in [9.17, 15) is 24.8 Å². The highest BCUT2D eigenvalue weighted by atomic mass is 16.6. The highest BCUT2D eigenvalue weighted by molar-refractivity contribution is 6.46. The molecular formula is C30H39N3O7. The van der Waals surface area contributed by atoms with Crippen molar-refractivity contribution in [2.24, 2.45) is 0 Å². The molecule has 1 heterocycles. The Hall–Kier alpha value is -3.92. The summed E-state index contributed by atoms with van der Waals surface area (Å²) in [6.45, 7) is 7.32. The number of nitro benzene ring substituents is 1. The monoisotopic (exact) mass is 553 g/mol. The molecule has 0 saturated carbocycles. The van der Waals surface area contributed by atoms with Crippen LogP contribution < -0.4 is 9.47 Å². The second kappa shape index (κ2) is 14.5. The van der Waals surface area contributed by atoms with Crippen LogP contribution in [-0.4, -0.2) is 71.9 Å². The summed E-state index contributed by atoms with van der Waals surface area (Å²) in [4.78, 5) is 41.4. The first-order valence-corrected chi connectivity index (χ1v) is 13.7. The number of unbranched alkanes of at least 4 members (excludes halogenated alkanes) is 2. The number of aliphatic hydroxyl groups excluding tert-OH is 1. The fourth-order valence-electron chi connectivity index (χ4n) is 4.97. The molecule has 1 atom stereocenters. The van der Waals surface area contributed by atoms with Crippen molar-refractivity contribution in [1.29, 1.82) is 0 Å². The number of nitrogens with zero attached hydrogens (tertiary/aromatic N) is 3. The van der Waals surface area contributed by atoms with Gasteiger partial charge in [-0.2, -0.15) is 0 Å². The molecule has 2 aromatic rings. The van der Waals surface area contributed by atoms with Crippen LogP contribution in [0, 0.1) is 10.1 Å². The maximum atomic E-state index is 13.4. The van der Waals surface area contributed by atoms with Crippen LogP contribution in [0.15, 0.2) is 48.0 Å². The number of ether oxygens (including phenoxy) is 2. The van der Waals surface area contributed by atoms with Crippen molar-refractivity contribution < 1.29 is 29.1 Å². The number of hydrogen-bond donors (Lipinski definition) is 1. The molecule has 0 aromatic heterocycles. The Morgan fingerprint density at radius 2 is 1.62 bits per heavy atom. The Kier molecular flexibility index (Phi) is 11.1. The Bertz CT molecular complexity index is 1240. The van der Waals surface area contributed by atoms with E-state index in [0.717, 1.165) is 45.3 Å². The van der Waals surface area contributed by atoms with Gasteiger partial charge < -0.3 is 24.4 Å². The second-order valence-corrected chi connectivity index (χ2v) is 9.82. The molecule has 1 aliphatic rings. The molecule has 1 fully saturated rings. The number of aliphatic hydroxyl groups is 1. The lowest BCUT2D eigenvalue weighted by Crippen LogP contribution is -2.34. The minimum Gasteiger partial charge on any atom is -0.507 e. The quantitative estimate of drug-likeness (QED) is 0.103. The zero-order chi connectivity index (χ0) is 29.2. The standard InChI is InChI=1S/C30H39N3O7/c1-5-7-15-31(16-8-6-2)17-10-18-32-27(21-13-14-24(39-3)25(20-21)40-4)26(29(35)30(32)36)28(34)22-11-9-12-23(19-22)33(37)38/h9,11-14,19-20,27,34H,5-8,10,15-18H2,1-4H3/t27-/m1/s1. The number of nitro groups is 1. The van der Waals surface area contributed by atoms with Crippen molar-refractivity contribution in [3.63, 3.8) is 0 Å². The Labute approximate surface area is 235 Å². The summed E-state index contributed by atoms with van der Waals surface area (Å²) < 4.78 is 10.8. The number of rotatable bonds is 15. The first kappa shape index (κ1) is 30.6. The molecule has 10 nitrogen and oxygen atoms in total. The van der Waals surface area contributed by atoms with E-state index in [1.54, 1.807) is 18.2 Å². The van der Waals surface area contributed by atoms with Crippen LogP contribution in [-0.2, 0) is 9.59 Å². The van der Waals surface area contributed by atoms with Gasteiger partial charge in [-0.15, -0.1) is 0 Å². The molecule has 2 aromatic carbocycles. The molecule has 40 heavy (non-hydrogen) atoms. The van der Waals surface area contributed by atoms with Crippen molar-refractivity contribution in [2.45, 2.75) is 52.0 Å². The number of carbonyl (C=O) groups is 2. The fraction of sp³-hybridized carbons (Fsp3) is 0.467. The molecule has 0 bridgehead atoms. The van der Waals surface area contributed by atoms with Gasteiger partial charge in [0.2, 0.25) is 0 Å². The van der Waals surface area contributed by atoms with Crippen LogP contribution in [0.1, 0.15) is 63.1 Å². The largest absolute Gasteiger partial charge is 0.507 e. The van der Waals surface area contributed by atoms with Crippen LogP contribution >= 0.6 is 0 Å². The molecule has 3 rings (SSSR count). The number of carbonyl (C=O) groups excluding carboxylic acids is 2. The average molecular weight is 554 g/mol. The minimum absolute atomic E-state index is 0.0861. The summed E-state index contributed by atoms with van der Waals surface area (Å²) in [6.07, 6.45) is 5.00. The summed E-state index contributed by atoms with van der Waals surface area (Å²) in [5.41, 5.74) is 0.285. The number of Topliss-reactive ketones (excluding diaryl/α,β-unsaturated/α-hetero) is 1. The van der Waals surface area contributed by atoms with Crippen LogP contribution in [0.2, 0.25) is 0 Å².